The molecular formula is C29H36N2O4. The van der Waals surface area contributed by atoms with Gasteiger partial charge in [-0.2, -0.15) is 0 Å². The lowest BCUT2D eigenvalue weighted by Crippen LogP contribution is -2.43. The summed E-state index contributed by atoms with van der Waals surface area (Å²) in [7, 11) is 1.59. The number of fused-ring (bicyclic) bond motifs is 5. The van der Waals surface area contributed by atoms with Crippen molar-refractivity contribution in [3.63, 3.8) is 0 Å². The summed E-state index contributed by atoms with van der Waals surface area (Å²) < 4.78 is 5.46. The van der Waals surface area contributed by atoms with Crippen LogP contribution in [0.15, 0.2) is 46.7 Å². The molecule has 186 valence electrons. The van der Waals surface area contributed by atoms with Gasteiger partial charge in [-0.15, -0.1) is 0 Å². The molecule has 6 nitrogen and oxygen atoms in total. The first-order valence-electron chi connectivity index (χ1n) is 12.8. The van der Waals surface area contributed by atoms with Crippen molar-refractivity contribution in [2.75, 3.05) is 7.11 Å². The van der Waals surface area contributed by atoms with Crippen molar-refractivity contribution in [3.8, 4) is 11.5 Å². The molecule has 0 radical (unpaired) electrons. The molecule has 0 aliphatic heterocycles. The molecule has 2 fully saturated rings. The number of oxime groups is 2. The Balaban J connectivity index is 1.46. The van der Waals surface area contributed by atoms with Gasteiger partial charge in [0.15, 0.2) is 11.5 Å². The Labute approximate surface area is 207 Å². The van der Waals surface area contributed by atoms with E-state index in [1.54, 1.807) is 13.2 Å². The van der Waals surface area contributed by atoms with Crippen LogP contribution in [0.3, 0.4) is 0 Å². The number of phenols is 1. The van der Waals surface area contributed by atoms with E-state index in [4.69, 9.17) is 9.57 Å². The summed E-state index contributed by atoms with van der Waals surface area (Å²) >= 11 is 0. The van der Waals surface area contributed by atoms with Crippen LogP contribution < -0.4 is 4.74 Å². The van der Waals surface area contributed by atoms with Crippen molar-refractivity contribution in [2.24, 2.45) is 27.6 Å². The Kier molecular flexibility index (Phi) is 6.24. The first kappa shape index (κ1) is 23.7. The van der Waals surface area contributed by atoms with Gasteiger partial charge in [-0.05, 0) is 84.6 Å². The summed E-state index contributed by atoms with van der Waals surface area (Å²) in [4.78, 5) is 5.88. The number of hydrogen-bond acceptors (Lipinski definition) is 6. The minimum atomic E-state index is -0.0709. The fraction of sp³-hybridized carbons (Fsp3) is 0.517. The van der Waals surface area contributed by atoms with Crippen LogP contribution in [-0.4, -0.2) is 28.8 Å². The molecule has 5 rings (SSSR count). The number of hydrogen-bond donors (Lipinski definition) is 2. The summed E-state index contributed by atoms with van der Waals surface area (Å²) in [6.45, 7) is 7.03. The number of ether oxygens (including phenoxy) is 1. The maximum absolute atomic E-state index is 10.5. The fourth-order valence-electron chi connectivity index (χ4n) is 6.82. The average molecular weight is 477 g/mol. The molecule has 2 N–H and O–H groups in total. The fourth-order valence-corrected chi connectivity index (χ4v) is 6.82. The smallest absolute Gasteiger partial charge is 0.160 e. The number of aromatic hydroxyl groups is 1. The lowest BCUT2D eigenvalue weighted by Gasteiger charge is -2.48. The van der Waals surface area contributed by atoms with E-state index < -0.39 is 0 Å². The molecule has 0 heterocycles. The quantitative estimate of drug-likeness (QED) is 0.377. The summed E-state index contributed by atoms with van der Waals surface area (Å²) in [5.74, 6) is 2.27. The Morgan fingerprint density at radius 1 is 1.14 bits per heavy atom. The topological polar surface area (TPSA) is 83.6 Å². The van der Waals surface area contributed by atoms with E-state index in [-0.39, 0.29) is 11.2 Å². The SMILES string of the molecule is COc1cc2c(cc1O)/C(=N/OCc1ccc(C(C)C)cc1)C[C@@H]1[C@@H]2CC[C@]2(C)/C(=N/O)CC[C@@H]12. The van der Waals surface area contributed by atoms with Crippen LogP contribution in [-0.2, 0) is 11.4 Å². The Morgan fingerprint density at radius 2 is 1.91 bits per heavy atom. The molecule has 4 atom stereocenters. The Hall–Kier alpha value is -3.02. The van der Waals surface area contributed by atoms with Gasteiger partial charge in [0, 0.05) is 11.0 Å². The summed E-state index contributed by atoms with van der Waals surface area (Å²) in [6, 6.07) is 12.2. The van der Waals surface area contributed by atoms with Crippen LogP contribution in [0.5, 0.6) is 11.5 Å². The maximum Gasteiger partial charge on any atom is 0.160 e. The molecule has 0 saturated heterocycles. The second-order valence-corrected chi connectivity index (χ2v) is 10.9. The van der Waals surface area contributed by atoms with Crippen LogP contribution in [0.25, 0.3) is 0 Å². The highest BCUT2D eigenvalue weighted by atomic mass is 16.6. The van der Waals surface area contributed by atoms with Crippen molar-refractivity contribution in [3.05, 3.63) is 58.7 Å². The van der Waals surface area contributed by atoms with Crippen LogP contribution >= 0.6 is 0 Å². The summed E-state index contributed by atoms with van der Waals surface area (Å²) in [6.07, 6.45) is 4.67. The number of benzene rings is 2. The summed E-state index contributed by atoms with van der Waals surface area (Å²) in [5, 5.41) is 28.5. The van der Waals surface area contributed by atoms with Crippen molar-refractivity contribution in [1.29, 1.82) is 0 Å². The van der Waals surface area contributed by atoms with Crippen molar-refractivity contribution in [2.45, 2.75) is 71.3 Å². The van der Waals surface area contributed by atoms with Crippen LogP contribution in [0.4, 0.5) is 0 Å². The standard InChI is InChI=1S/C29H36N2O4/c1-17(2)19-7-5-18(6-8-19)16-35-31-25-13-22-20(21-15-27(34-4)26(32)14-23(21)25)11-12-29(3)24(22)9-10-28(29)30-33/h5-8,14-15,17,20,22,24,32-33H,9-13,16H2,1-4H3/b30-28+,31-25+/t20-,22-,24+,29+/m1/s1. The van der Waals surface area contributed by atoms with Gasteiger partial charge < -0.3 is 19.9 Å². The Morgan fingerprint density at radius 3 is 2.60 bits per heavy atom. The minimum Gasteiger partial charge on any atom is -0.504 e. The third-order valence-corrected chi connectivity index (χ3v) is 8.84. The lowest BCUT2D eigenvalue weighted by atomic mass is 9.55. The maximum atomic E-state index is 10.5. The molecular weight excluding hydrogens is 440 g/mol. The molecule has 3 aliphatic carbocycles. The highest BCUT2D eigenvalue weighted by Crippen LogP contribution is 2.60. The predicted octanol–water partition coefficient (Wildman–Crippen LogP) is 6.59. The normalized spacial score (nSPS) is 29.7. The van der Waals surface area contributed by atoms with Gasteiger partial charge >= 0.3 is 0 Å². The van der Waals surface area contributed by atoms with E-state index in [1.807, 2.05) is 6.07 Å². The number of methoxy groups -OCH3 is 1. The zero-order valence-electron chi connectivity index (χ0n) is 21.1. The van der Waals surface area contributed by atoms with Gasteiger partial charge in [-0.3, -0.25) is 0 Å². The highest BCUT2D eigenvalue weighted by molar-refractivity contribution is 6.04. The molecule has 35 heavy (non-hydrogen) atoms. The zero-order chi connectivity index (χ0) is 24.7. The first-order chi connectivity index (χ1) is 16.9. The van der Waals surface area contributed by atoms with Crippen LogP contribution in [0.2, 0.25) is 0 Å². The van der Waals surface area contributed by atoms with E-state index in [2.05, 4.69) is 55.3 Å². The largest absolute Gasteiger partial charge is 0.504 e. The molecule has 0 aromatic heterocycles. The van der Waals surface area contributed by atoms with E-state index in [0.29, 0.717) is 36.0 Å². The molecule has 0 amide bonds. The zero-order valence-corrected chi connectivity index (χ0v) is 21.1. The van der Waals surface area contributed by atoms with E-state index in [9.17, 15) is 10.3 Å². The third-order valence-electron chi connectivity index (χ3n) is 8.84. The van der Waals surface area contributed by atoms with Crippen molar-refractivity contribution < 1.29 is 19.9 Å². The molecule has 2 saturated carbocycles. The number of phenolic OH excluding ortho intramolecular Hbond substituents is 1. The molecule has 0 bridgehead atoms. The monoisotopic (exact) mass is 476 g/mol. The summed E-state index contributed by atoms with van der Waals surface area (Å²) in [5.41, 5.74) is 6.26. The van der Waals surface area contributed by atoms with Crippen LogP contribution in [0.1, 0.15) is 87.0 Å². The van der Waals surface area contributed by atoms with Crippen molar-refractivity contribution >= 4 is 11.4 Å². The molecule has 3 aliphatic rings. The molecule has 2 aromatic rings. The van der Waals surface area contributed by atoms with Crippen LogP contribution in [0, 0.1) is 17.3 Å². The first-order valence-corrected chi connectivity index (χ1v) is 12.8. The van der Waals surface area contributed by atoms with Gasteiger partial charge in [0.05, 0.1) is 18.5 Å². The second kappa shape index (κ2) is 9.21. The van der Waals surface area contributed by atoms with E-state index in [1.165, 1.54) is 11.1 Å². The van der Waals surface area contributed by atoms with Gasteiger partial charge in [0.2, 0.25) is 0 Å². The van der Waals surface area contributed by atoms with Gasteiger partial charge in [-0.25, -0.2) is 0 Å². The van der Waals surface area contributed by atoms with E-state index in [0.717, 1.165) is 54.7 Å². The second-order valence-electron chi connectivity index (χ2n) is 10.9. The lowest BCUT2D eigenvalue weighted by molar-refractivity contribution is 0.103. The van der Waals surface area contributed by atoms with Gasteiger partial charge in [-0.1, -0.05) is 55.3 Å². The Bertz CT molecular complexity index is 1150. The van der Waals surface area contributed by atoms with Crippen molar-refractivity contribution in [1.82, 2.24) is 0 Å². The number of rotatable bonds is 5. The average Bonchev–Trinajstić information content (AvgIpc) is 3.20. The van der Waals surface area contributed by atoms with Gasteiger partial charge in [0.25, 0.3) is 0 Å². The molecule has 0 spiro atoms. The predicted molar refractivity (Wildman–Crippen MR) is 137 cm³/mol. The van der Waals surface area contributed by atoms with E-state index >= 15 is 0 Å². The third kappa shape index (κ3) is 4.07. The van der Waals surface area contributed by atoms with Gasteiger partial charge in [0.1, 0.15) is 6.61 Å². The number of nitrogens with zero attached hydrogens (tertiary/aromatic N) is 2. The molecule has 2 aromatic carbocycles. The molecule has 6 heteroatoms. The highest BCUT2D eigenvalue weighted by Gasteiger charge is 2.54. The minimum absolute atomic E-state index is 0.0709. The molecule has 0 unspecified atom stereocenters.